The number of benzene rings is 2. The summed E-state index contributed by atoms with van der Waals surface area (Å²) < 4.78 is 11.9. The Balaban J connectivity index is 1.58. The summed E-state index contributed by atoms with van der Waals surface area (Å²) in [4.78, 5) is 24.2. The van der Waals surface area contributed by atoms with Gasteiger partial charge in [0.2, 0.25) is 11.8 Å². The Hall–Kier alpha value is -3.55. The van der Waals surface area contributed by atoms with Crippen molar-refractivity contribution in [3.63, 3.8) is 0 Å². The lowest BCUT2D eigenvalue weighted by Crippen LogP contribution is -2.15. The number of aromatic nitrogens is 2. The van der Waals surface area contributed by atoms with Crippen molar-refractivity contribution in [3.05, 3.63) is 47.5 Å². The van der Waals surface area contributed by atoms with E-state index in [4.69, 9.17) is 9.47 Å². The molecule has 0 saturated heterocycles. The number of hydrogen-bond donors (Lipinski definition) is 2. The van der Waals surface area contributed by atoms with Crippen molar-refractivity contribution in [3.8, 4) is 11.6 Å². The number of amides is 1. The Morgan fingerprint density at radius 2 is 1.94 bits per heavy atom. The summed E-state index contributed by atoms with van der Waals surface area (Å²) in [5, 5.41) is 18.1. The maximum absolute atomic E-state index is 12.4. The fourth-order valence-corrected chi connectivity index (χ4v) is 4.32. The summed E-state index contributed by atoms with van der Waals surface area (Å²) in [5.74, 6) is 0.446. The summed E-state index contributed by atoms with van der Waals surface area (Å²) in [6.07, 6.45) is 5.17. The van der Waals surface area contributed by atoms with E-state index < -0.39 is 5.97 Å². The number of nitrogens with zero attached hydrogens (tertiary/aromatic N) is 2. The number of anilines is 1. The van der Waals surface area contributed by atoms with Gasteiger partial charge in [-0.1, -0.05) is 18.9 Å². The molecular weight excluding hydrogens is 410 g/mol. The molecule has 0 aliphatic heterocycles. The highest BCUT2D eigenvalue weighted by molar-refractivity contribution is 5.95. The van der Waals surface area contributed by atoms with Gasteiger partial charge in [-0.05, 0) is 49.1 Å². The van der Waals surface area contributed by atoms with Gasteiger partial charge in [-0.25, -0.2) is 4.79 Å². The third-order valence-corrected chi connectivity index (χ3v) is 5.99. The normalized spacial score (nSPS) is 13.9. The molecule has 3 aromatic rings. The van der Waals surface area contributed by atoms with Crippen LogP contribution >= 0.6 is 0 Å². The number of ether oxygens (including phenoxy) is 2. The summed E-state index contributed by atoms with van der Waals surface area (Å²) in [5.41, 5.74) is 2.50. The molecule has 2 N–H and O–H groups in total. The second-order valence-corrected chi connectivity index (χ2v) is 8.13. The smallest absolute Gasteiger partial charge is 0.337 e. The second kappa shape index (κ2) is 9.30. The summed E-state index contributed by atoms with van der Waals surface area (Å²) in [6, 6.07) is 10.4. The predicted molar refractivity (Wildman–Crippen MR) is 120 cm³/mol. The average Bonchev–Trinajstić information content (AvgIpc) is 3.41. The standard InChI is InChI=1S/C24H27N3O5/c1-31-21-12-16(24(30)32-2)7-8-17(21)14-27-20-13-18(9-10-19(20)23(29)26-27)25-22(28)11-15-5-3-4-6-15/h7-10,12-13,15H,3-6,11,14H2,1-2H3,(H,25,28)(H,26,29). The Morgan fingerprint density at radius 3 is 2.66 bits per heavy atom. The van der Waals surface area contributed by atoms with Gasteiger partial charge in [0.05, 0.1) is 37.2 Å². The van der Waals surface area contributed by atoms with E-state index >= 15 is 0 Å². The fraction of sp³-hybridized carbons (Fsp3) is 0.375. The maximum atomic E-state index is 12.4. The molecule has 1 saturated carbocycles. The second-order valence-electron chi connectivity index (χ2n) is 8.13. The molecule has 2 aromatic carbocycles. The zero-order valence-electron chi connectivity index (χ0n) is 18.3. The van der Waals surface area contributed by atoms with Crippen LogP contribution in [0.5, 0.6) is 11.6 Å². The van der Waals surface area contributed by atoms with Crippen molar-refractivity contribution in [2.24, 2.45) is 5.92 Å². The molecule has 168 valence electrons. The highest BCUT2D eigenvalue weighted by Gasteiger charge is 2.19. The van der Waals surface area contributed by atoms with Crippen LogP contribution in [0.2, 0.25) is 0 Å². The third-order valence-electron chi connectivity index (χ3n) is 5.99. The van der Waals surface area contributed by atoms with Crippen molar-refractivity contribution in [1.82, 2.24) is 9.78 Å². The predicted octanol–water partition coefficient (Wildman–Crippen LogP) is 4.10. The number of rotatable bonds is 7. The number of nitrogens with one attached hydrogen (secondary N) is 1. The van der Waals surface area contributed by atoms with Crippen molar-refractivity contribution < 1.29 is 24.2 Å². The van der Waals surface area contributed by atoms with Gasteiger partial charge in [0, 0.05) is 17.7 Å². The number of carbonyl (C=O) groups excluding carboxylic acids is 2. The molecule has 1 heterocycles. The van der Waals surface area contributed by atoms with Gasteiger partial charge in [-0.2, -0.15) is 0 Å². The minimum atomic E-state index is -0.449. The SMILES string of the molecule is COC(=O)c1ccc(Cn2nc(O)c3ccc(NC(=O)CC4CCCC4)cc32)c(OC)c1. The number of methoxy groups -OCH3 is 2. The van der Waals surface area contributed by atoms with Gasteiger partial charge in [-0.3, -0.25) is 9.48 Å². The van der Waals surface area contributed by atoms with Crippen molar-refractivity contribution in [1.29, 1.82) is 0 Å². The Kier molecular flexibility index (Phi) is 6.30. The minimum Gasteiger partial charge on any atom is -0.496 e. The van der Waals surface area contributed by atoms with E-state index in [1.54, 1.807) is 35.0 Å². The first-order chi connectivity index (χ1) is 15.5. The Bertz CT molecular complexity index is 1150. The molecule has 1 aliphatic carbocycles. The topological polar surface area (TPSA) is 103 Å². The van der Waals surface area contributed by atoms with Crippen molar-refractivity contribution >= 4 is 28.5 Å². The lowest BCUT2D eigenvalue weighted by Gasteiger charge is -2.12. The first-order valence-electron chi connectivity index (χ1n) is 10.7. The summed E-state index contributed by atoms with van der Waals surface area (Å²) >= 11 is 0. The number of carbonyl (C=O) groups is 2. The highest BCUT2D eigenvalue weighted by Crippen LogP contribution is 2.30. The van der Waals surface area contributed by atoms with Gasteiger partial charge in [-0.15, -0.1) is 5.10 Å². The van der Waals surface area contributed by atoms with Crippen LogP contribution in [0.4, 0.5) is 5.69 Å². The van der Waals surface area contributed by atoms with E-state index in [1.807, 2.05) is 6.07 Å². The number of esters is 1. The minimum absolute atomic E-state index is 0.00612. The van der Waals surface area contributed by atoms with Gasteiger partial charge in [0.25, 0.3) is 0 Å². The largest absolute Gasteiger partial charge is 0.496 e. The Morgan fingerprint density at radius 1 is 1.16 bits per heavy atom. The highest BCUT2D eigenvalue weighted by atomic mass is 16.5. The number of aromatic hydroxyl groups is 1. The van der Waals surface area contributed by atoms with Crippen LogP contribution in [0, 0.1) is 5.92 Å². The van der Waals surface area contributed by atoms with Gasteiger partial charge < -0.3 is 19.9 Å². The first kappa shape index (κ1) is 21.7. The van der Waals surface area contributed by atoms with Crippen molar-refractivity contribution in [2.75, 3.05) is 19.5 Å². The van der Waals surface area contributed by atoms with E-state index in [9.17, 15) is 14.7 Å². The van der Waals surface area contributed by atoms with E-state index in [0.29, 0.717) is 46.8 Å². The summed E-state index contributed by atoms with van der Waals surface area (Å²) in [6.45, 7) is 0.307. The Labute approximate surface area is 186 Å². The lowest BCUT2D eigenvalue weighted by atomic mass is 10.0. The molecule has 1 fully saturated rings. The first-order valence-corrected chi connectivity index (χ1v) is 10.7. The molecule has 0 radical (unpaired) electrons. The molecule has 32 heavy (non-hydrogen) atoms. The van der Waals surface area contributed by atoms with Crippen molar-refractivity contribution in [2.45, 2.75) is 38.6 Å². The van der Waals surface area contributed by atoms with Crippen LogP contribution < -0.4 is 10.1 Å². The zero-order valence-corrected chi connectivity index (χ0v) is 18.3. The van der Waals surface area contributed by atoms with Crippen LogP contribution in [0.15, 0.2) is 36.4 Å². The molecule has 8 heteroatoms. The number of fused-ring (bicyclic) bond motifs is 1. The monoisotopic (exact) mass is 437 g/mol. The summed E-state index contributed by atoms with van der Waals surface area (Å²) in [7, 11) is 2.85. The molecule has 0 bridgehead atoms. The number of hydrogen-bond acceptors (Lipinski definition) is 6. The van der Waals surface area contributed by atoms with Crippen LogP contribution in [-0.4, -0.2) is 41.0 Å². The zero-order chi connectivity index (χ0) is 22.7. The molecule has 0 spiro atoms. The molecule has 0 unspecified atom stereocenters. The van der Waals surface area contributed by atoms with E-state index in [2.05, 4.69) is 10.4 Å². The van der Waals surface area contributed by atoms with Gasteiger partial charge in [0.15, 0.2) is 0 Å². The van der Waals surface area contributed by atoms with Crippen LogP contribution in [-0.2, 0) is 16.1 Å². The third kappa shape index (κ3) is 4.54. The lowest BCUT2D eigenvalue weighted by molar-refractivity contribution is -0.117. The maximum Gasteiger partial charge on any atom is 0.337 e. The van der Waals surface area contributed by atoms with E-state index in [0.717, 1.165) is 18.4 Å². The average molecular weight is 437 g/mol. The molecular formula is C24H27N3O5. The molecule has 1 aliphatic rings. The van der Waals surface area contributed by atoms with E-state index in [-0.39, 0.29) is 11.8 Å². The molecule has 1 amide bonds. The van der Waals surface area contributed by atoms with Gasteiger partial charge >= 0.3 is 5.97 Å². The van der Waals surface area contributed by atoms with Crippen LogP contribution in [0.3, 0.4) is 0 Å². The molecule has 4 rings (SSSR count). The molecule has 1 aromatic heterocycles. The van der Waals surface area contributed by atoms with Gasteiger partial charge in [0.1, 0.15) is 5.75 Å². The van der Waals surface area contributed by atoms with Crippen LogP contribution in [0.1, 0.15) is 48.0 Å². The van der Waals surface area contributed by atoms with Crippen LogP contribution in [0.25, 0.3) is 10.9 Å². The molecule has 0 atom stereocenters. The quantitative estimate of drug-likeness (QED) is 0.540. The fourth-order valence-electron chi connectivity index (χ4n) is 4.32. The van der Waals surface area contributed by atoms with E-state index in [1.165, 1.54) is 27.1 Å². The molecule has 8 nitrogen and oxygen atoms in total.